The predicted molar refractivity (Wildman–Crippen MR) is 101 cm³/mol. The molecule has 2 aromatic rings. The highest BCUT2D eigenvalue weighted by molar-refractivity contribution is 5.93. The lowest BCUT2D eigenvalue weighted by atomic mass is 10.1. The molecule has 0 heterocycles. The topological polar surface area (TPSA) is 66.0 Å². The standard InChI is InChI=1S/C20H23NO5/c1-5-6-14-7-9-18(19(11-14)25-4)26-13-20(22)21-16-12-15(23-2)8-10-17(16)24-3/h5,7-12H,1,6,13H2,2-4H3,(H,21,22). The second-order valence-corrected chi connectivity index (χ2v) is 5.38. The van der Waals surface area contributed by atoms with Crippen molar-refractivity contribution < 1.29 is 23.7 Å². The number of allylic oxidation sites excluding steroid dienone is 1. The van der Waals surface area contributed by atoms with Crippen molar-refractivity contribution in [3.8, 4) is 23.0 Å². The molecule has 6 heteroatoms. The van der Waals surface area contributed by atoms with Crippen LogP contribution in [0.25, 0.3) is 0 Å². The fourth-order valence-electron chi connectivity index (χ4n) is 2.37. The number of hydrogen-bond acceptors (Lipinski definition) is 5. The molecule has 0 radical (unpaired) electrons. The molecule has 0 unspecified atom stereocenters. The predicted octanol–water partition coefficient (Wildman–Crippen LogP) is 3.46. The Labute approximate surface area is 153 Å². The molecule has 0 bridgehead atoms. The number of amides is 1. The van der Waals surface area contributed by atoms with Gasteiger partial charge in [-0.3, -0.25) is 4.79 Å². The van der Waals surface area contributed by atoms with Crippen LogP contribution >= 0.6 is 0 Å². The lowest BCUT2D eigenvalue weighted by Gasteiger charge is -2.14. The zero-order valence-electron chi connectivity index (χ0n) is 15.2. The van der Waals surface area contributed by atoms with E-state index in [0.717, 1.165) is 12.0 Å². The average Bonchev–Trinajstić information content (AvgIpc) is 2.67. The van der Waals surface area contributed by atoms with Gasteiger partial charge in [0, 0.05) is 6.07 Å². The summed E-state index contributed by atoms with van der Waals surface area (Å²) in [6.45, 7) is 3.55. The van der Waals surface area contributed by atoms with Crippen molar-refractivity contribution in [2.75, 3.05) is 33.3 Å². The Balaban J connectivity index is 2.04. The highest BCUT2D eigenvalue weighted by Gasteiger charge is 2.12. The van der Waals surface area contributed by atoms with Crippen LogP contribution in [0.3, 0.4) is 0 Å². The molecule has 1 N–H and O–H groups in total. The Hall–Kier alpha value is -3.15. The summed E-state index contributed by atoms with van der Waals surface area (Å²) >= 11 is 0. The van der Waals surface area contributed by atoms with Crippen LogP contribution in [0.1, 0.15) is 5.56 Å². The van der Waals surface area contributed by atoms with Gasteiger partial charge < -0.3 is 24.3 Å². The van der Waals surface area contributed by atoms with Crippen LogP contribution in [0.4, 0.5) is 5.69 Å². The van der Waals surface area contributed by atoms with E-state index in [4.69, 9.17) is 18.9 Å². The van der Waals surface area contributed by atoms with Crippen LogP contribution in [-0.2, 0) is 11.2 Å². The number of carbonyl (C=O) groups is 1. The molecular weight excluding hydrogens is 334 g/mol. The van der Waals surface area contributed by atoms with Crippen molar-refractivity contribution in [1.29, 1.82) is 0 Å². The van der Waals surface area contributed by atoms with Gasteiger partial charge in [0.1, 0.15) is 11.5 Å². The molecule has 0 spiro atoms. The maximum absolute atomic E-state index is 12.2. The van der Waals surface area contributed by atoms with Gasteiger partial charge in [0.2, 0.25) is 0 Å². The van der Waals surface area contributed by atoms with Crippen molar-refractivity contribution >= 4 is 11.6 Å². The molecular formula is C20H23NO5. The zero-order chi connectivity index (χ0) is 18.9. The van der Waals surface area contributed by atoms with E-state index in [0.29, 0.717) is 28.7 Å². The maximum Gasteiger partial charge on any atom is 0.262 e. The summed E-state index contributed by atoms with van der Waals surface area (Å²) in [4.78, 5) is 12.2. The lowest BCUT2D eigenvalue weighted by Crippen LogP contribution is -2.20. The van der Waals surface area contributed by atoms with E-state index in [-0.39, 0.29) is 12.5 Å². The van der Waals surface area contributed by atoms with Crippen LogP contribution in [0.15, 0.2) is 49.1 Å². The van der Waals surface area contributed by atoms with Crippen molar-refractivity contribution in [3.63, 3.8) is 0 Å². The van der Waals surface area contributed by atoms with Crippen molar-refractivity contribution in [1.82, 2.24) is 0 Å². The van der Waals surface area contributed by atoms with Crippen molar-refractivity contribution in [2.24, 2.45) is 0 Å². The van der Waals surface area contributed by atoms with E-state index in [1.807, 2.05) is 18.2 Å². The SMILES string of the molecule is C=CCc1ccc(OCC(=O)Nc2cc(OC)ccc2OC)c(OC)c1. The minimum Gasteiger partial charge on any atom is -0.497 e. The number of hydrogen-bond donors (Lipinski definition) is 1. The molecule has 0 aliphatic carbocycles. The fraction of sp³-hybridized carbons (Fsp3) is 0.250. The first-order valence-corrected chi connectivity index (χ1v) is 8.03. The quantitative estimate of drug-likeness (QED) is 0.696. The second kappa shape index (κ2) is 9.36. The monoisotopic (exact) mass is 357 g/mol. The molecule has 2 rings (SSSR count). The van der Waals surface area contributed by atoms with E-state index in [2.05, 4.69) is 11.9 Å². The van der Waals surface area contributed by atoms with Gasteiger partial charge in [0.25, 0.3) is 5.91 Å². The Morgan fingerprint density at radius 3 is 2.38 bits per heavy atom. The molecule has 0 fully saturated rings. The number of nitrogens with one attached hydrogen (secondary N) is 1. The lowest BCUT2D eigenvalue weighted by molar-refractivity contribution is -0.118. The van der Waals surface area contributed by atoms with E-state index < -0.39 is 0 Å². The van der Waals surface area contributed by atoms with E-state index in [1.54, 1.807) is 38.5 Å². The van der Waals surface area contributed by atoms with Crippen molar-refractivity contribution in [3.05, 3.63) is 54.6 Å². The van der Waals surface area contributed by atoms with E-state index >= 15 is 0 Å². The van der Waals surface area contributed by atoms with Gasteiger partial charge in [-0.2, -0.15) is 0 Å². The molecule has 0 saturated heterocycles. The third-order valence-corrected chi connectivity index (χ3v) is 3.65. The molecule has 0 aromatic heterocycles. The van der Waals surface area contributed by atoms with Gasteiger partial charge in [-0.1, -0.05) is 12.1 Å². The maximum atomic E-state index is 12.2. The fourth-order valence-corrected chi connectivity index (χ4v) is 2.37. The summed E-state index contributed by atoms with van der Waals surface area (Å²) in [7, 11) is 4.64. The second-order valence-electron chi connectivity index (χ2n) is 5.38. The number of ether oxygens (including phenoxy) is 4. The van der Waals surface area contributed by atoms with Gasteiger partial charge in [-0.25, -0.2) is 0 Å². The molecule has 0 saturated carbocycles. The molecule has 0 atom stereocenters. The van der Waals surface area contributed by atoms with Crippen LogP contribution < -0.4 is 24.3 Å². The smallest absolute Gasteiger partial charge is 0.262 e. The van der Waals surface area contributed by atoms with E-state index in [9.17, 15) is 4.79 Å². The van der Waals surface area contributed by atoms with Crippen LogP contribution in [-0.4, -0.2) is 33.8 Å². The molecule has 26 heavy (non-hydrogen) atoms. The van der Waals surface area contributed by atoms with Crippen LogP contribution in [0.2, 0.25) is 0 Å². The highest BCUT2D eigenvalue weighted by atomic mass is 16.5. The Bertz CT molecular complexity index is 773. The number of anilines is 1. The third-order valence-electron chi connectivity index (χ3n) is 3.65. The third kappa shape index (κ3) is 4.92. The first kappa shape index (κ1) is 19.2. The van der Waals surface area contributed by atoms with Crippen LogP contribution in [0, 0.1) is 0 Å². The normalized spacial score (nSPS) is 9.96. The highest BCUT2D eigenvalue weighted by Crippen LogP contribution is 2.30. The first-order valence-electron chi connectivity index (χ1n) is 8.03. The molecule has 0 aliphatic heterocycles. The summed E-state index contributed by atoms with van der Waals surface area (Å²) in [5, 5.41) is 2.75. The van der Waals surface area contributed by atoms with Gasteiger partial charge in [-0.15, -0.1) is 6.58 Å². The average molecular weight is 357 g/mol. The summed E-state index contributed by atoms with van der Waals surface area (Å²) in [5.74, 6) is 1.88. The number of benzene rings is 2. The van der Waals surface area contributed by atoms with Gasteiger partial charge in [0.05, 0.1) is 27.0 Å². The van der Waals surface area contributed by atoms with Gasteiger partial charge >= 0.3 is 0 Å². The number of rotatable bonds is 9. The summed E-state index contributed by atoms with van der Waals surface area (Å²) in [6, 6.07) is 10.7. The number of methoxy groups -OCH3 is 3. The molecule has 138 valence electrons. The number of carbonyl (C=O) groups excluding carboxylic acids is 1. The minimum atomic E-state index is -0.325. The van der Waals surface area contributed by atoms with Gasteiger partial charge in [0.15, 0.2) is 18.1 Å². The summed E-state index contributed by atoms with van der Waals surface area (Å²) < 4.78 is 21.3. The molecule has 2 aromatic carbocycles. The Morgan fingerprint density at radius 2 is 1.73 bits per heavy atom. The Kier molecular flexibility index (Phi) is 6.91. The molecule has 6 nitrogen and oxygen atoms in total. The van der Waals surface area contributed by atoms with Crippen molar-refractivity contribution in [2.45, 2.75) is 6.42 Å². The Morgan fingerprint density at radius 1 is 1.00 bits per heavy atom. The largest absolute Gasteiger partial charge is 0.497 e. The first-order chi connectivity index (χ1) is 12.6. The minimum absolute atomic E-state index is 0.169. The molecule has 1 amide bonds. The van der Waals surface area contributed by atoms with Gasteiger partial charge in [-0.05, 0) is 36.2 Å². The molecule has 0 aliphatic rings. The van der Waals surface area contributed by atoms with E-state index in [1.165, 1.54) is 7.11 Å². The van der Waals surface area contributed by atoms with Crippen LogP contribution in [0.5, 0.6) is 23.0 Å². The summed E-state index contributed by atoms with van der Waals surface area (Å²) in [6.07, 6.45) is 2.54. The summed E-state index contributed by atoms with van der Waals surface area (Å²) in [5.41, 5.74) is 1.56. The zero-order valence-corrected chi connectivity index (χ0v) is 15.2.